The molecule has 0 unspecified atom stereocenters. The van der Waals surface area contributed by atoms with Gasteiger partial charge < -0.3 is 20.7 Å². The number of amides is 3. The Hall–Kier alpha value is -3.35. The molecular formula is C20H23N3O4. The van der Waals surface area contributed by atoms with E-state index in [1.165, 1.54) is 0 Å². The lowest BCUT2D eigenvalue weighted by Gasteiger charge is -2.10. The molecule has 0 atom stereocenters. The first-order valence-corrected chi connectivity index (χ1v) is 8.67. The first-order valence-electron chi connectivity index (χ1n) is 8.67. The molecule has 0 saturated carbocycles. The molecule has 0 saturated heterocycles. The third-order valence-electron chi connectivity index (χ3n) is 3.73. The van der Waals surface area contributed by atoms with Crippen molar-refractivity contribution in [1.29, 1.82) is 0 Å². The molecule has 3 amide bonds. The van der Waals surface area contributed by atoms with Crippen molar-refractivity contribution in [3.63, 3.8) is 0 Å². The molecule has 0 fully saturated rings. The van der Waals surface area contributed by atoms with Crippen LogP contribution in [0.2, 0.25) is 0 Å². The zero-order chi connectivity index (χ0) is 19.5. The minimum absolute atomic E-state index is 0.320. The van der Waals surface area contributed by atoms with E-state index in [4.69, 9.17) is 4.74 Å². The van der Waals surface area contributed by atoms with Crippen molar-refractivity contribution in [2.24, 2.45) is 0 Å². The number of anilines is 1. The largest absolute Gasteiger partial charge is 0.454 e. The average Bonchev–Trinajstić information content (AvgIpc) is 2.70. The number of rotatable bonds is 8. The van der Waals surface area contributed by atoms with E-state index in [2.05, 4.69) is 16.0 Å². The number of ether oxygens (including phenoxy) is 1. The molecule has 27 heavy (non-hydrogen) atoms. The quantitative estimate of drug-likeness (QED) is 0.622. The summed E-state index contributed by atoms with van der Waals surface area (Å²) in [6, 6.07) is 16.3. The maximum absolute atomic E-state index is 11.9. The topological polar surface area (TPSA) is 96.5 Å². The Labute approximate surface area is 158 Å². The van der Waals surface area contributed by atoms with E-state index in [-0.39, 0.29) is 6.54 Å². The van der Waals surface area contributed by atoms with Gasteiger partial charge in [0, 0.05) is 12.2 Å². The van der Waals surface area contributed by atoms with Gasteiger partial charge in [0.1, 0.15) is 6.54 Å². The lowest BCUT2D eigenvalue weighted by atomic mass is 10.1. The standard InChI is InChI=1S/C20H23N3O4/c1-2-16-10-6-7-11-17(16)23-18(24)14-27-19(25)13-22-20(26)21-12-15-8-4-3-5-9-15/h3-11H,2,12-14H2,1H3,(H,23,24)(H2,21,22,26). The third-order valence-corrected chi connectivity index (χ3v) is 3.73. The SMILES string of the molecule is CCc1ccccc1NC(=O)COC(=O)CNC(=O)NCc1ccccc1. The molecule has 0 radical (unpaired) electrons. The Bertz CT molecular complexity index is 778. The van der Waals surface area contributed by atoms with Gasteiger partial charge in [-0.2, -0.15) is 0 Å². The molecule has 0 aromatic heterocycles. The Kier molecular flexibility index (Phi) is 7.84. The fourth-order valence-electron chi connectivity index (χ4n) is 2.33. The van der Waals surface area contributed by atoms with Crippen LogP contribution in [-0.2, 0) is 27.3 Å². The Morgan fingerprint density at radius 2 is 1.63 bits per heavy atom. The second-order valence-electron chi connectivity index (χ2n) is 5.74. The minimum atomic E-state index is -0.691. The van der Waals surface area contributed by atoms with Gasteiger partial charge in [-0.1, -0.05) is 55.5 Å². The first-order chi connectivity index (χ1) is 13.1. The van der Waals surface area contributed by atoms with Crippen LogP contribution in [0, 0.1) is 0 Å². The van der Waals surface area contributed by atoms with E-state index >= 15 is 0 Å². The van der Waals surface area contributed by atoms with E-state index in [0.29, 0.717) is 12.2 Å². The smallest absolute Gasteiger partial charge is 0.325 e. The maximum atomic E-state index is 11.9. The highest BCUT2D eigenvalue weighted by Gasteiger charge is 2.10. The maximum Gasteiger partial charge on any atom is 0.325 e. The van der Waals surface area contributed by atoms with Crippen molar-refractivity contribution >= 4 is 23.6 Å². The highest BCUT2D eigenvalue weighted by Crippen LogP contribution is 2.15. The van der Waals surface area contributed by atoms with E-state index < -0.39 is 24.5 Å². The van der Waals surface area contributed by atoms with Crippen LogP contribution >= 0.6 is 0 Å². The van der Waals surface area contributed by atoms with Gasteiger partial charge in [0.25, 0.3) is 5.91 Å². The minimum Gasteiger partial charge on any atom is -0.454 e. The van der Waals surface area contributed by atoms with Crippen LogP contribution in [0.3, 0.4) is 0 Å². The monoisotopic (exact) mass is 369 g/mol. The third kappa shape index (κ3) is 7.19. The molecule has 0 aliphatic rings. The lowest BCUT2D eigenvalue weighted by molar-refractivity contribution is -0.146. The van der Waals surface area contributed by atoms with Crippen molar-refractivity contribution in [2.75, 3.05) is 18.5 Å². The van der Waals surface area contributed by atoms with Crippen molar-refractivity contribution in [3.05, 3.63) is 65.7 Å². The fourth-order valence-corrected chi connectivity index (χ4v) is 2.33. The number of nitrogens with one attached hydrogen (secondary N) is 3. The zero-order valence-electron chi connectivity index (χ0n) is 15.2. The predicted octanol–water partition coefficient (Wildman–Crippen LogP) is 2.23. The Morgan fingerprint density at radius 1 is 0.926 bits per heavy atom. The molecule has 0 aliphatic carbocycles. The molecule has 7 nitrogen and oxygen atoms in total. The van der Waals surface area contributed by atoms with Crippen LogP contribution in [0.4, 0.5) is 10.5 Å². The highest BCUT2D eigenvalue weighted by atomic mass is 16.5. The van der Waals surface area contributed by atoms with Crippen molar-refractivity contribution < 1.29 is 19.1 Å². The van der Waals surface area contributed by atoms with E-state index in [0.717, 1.165) is 17.5 Å². The van der Waals surface area contributed by atoms with Gasteiger partial charge in [-0.25, -0.2) is 4.79 Å². The van der Waals surface area contributed by atoms with Crippen LogP contribution in [0.1, 0.15) is 18.1 Å². The van der Waals surface area contributed by atoms with Crippen LogP contribution in [0.25, 0.3) is 0 Å². The summed E-state index contributed by atoms with van der Waals surface area (Å²) in [5, 5.41) is 7.72. The van der Waals surface area contributed by atoms with Gasteiger partial charge >= 0.3 is 12.0 Å². The number of carbonyl (C=O) groups is 3. The van der Waals surface area contributed by atoms with Gasteiger partial charge in [-0.3, -0.25) is 9.59 Å². The number of para-hydroxylation sites is 1. The van der Waals surface area contributed by atoms with E-state index in [1.807, 2.05) is 55.5 Å². The molecule has 7 heteroatoms. The van der Waals surface area contributed by atoms with E-state index in [9.17, 15) is 14.4 Å². The second-order valence-corrected chi connectivity index (χ2v) is 5.74. The van der Waals surface area contributed by atoms with Gasteiger partial charge in [0.05, 0.1) is 0 Å². The Balaban J connectivity index is 1.65. The molecule has 142 valence electrons. The summed E-state index contributed by atoms with van der Waals surface area (Å²) < 4.78 is 4.87. The molecule has 0 aliphatic heterocycles. The van der Waals surface area contributed by atoms with Gasteiger partial charge in [0.2, 0.25) is 0 Å². The molecule has 2 rings (SSSR count). The normalized spacial score (nSPS) is 9.96. The number of hydrogen-bond donors (Lipinski definition) is 3. The van der Waals surface area contributed by atoms with Gasteiger partial charge in [0.15, 0.2) is 6.61 Å². The van der Waals surface area contributed by atoms with Gasteiger partial charge in [-0.05, 0) is 23.6 Å². The van der Waals surface area contributed by atoms with E-state index in [1.54, 1.807) is 6.07 Å². The molecule has 0 heterocycles. The summed E-state index contributed by atoms with van der Waals surface area (Å²) in [6.07, 6.45) is 0.776. The molecule has 2 aromatic carbocycles. The average molecular weight is 369 g/mol. The molecule has 2 aromatic rings. The predicted molar refractivity (Wildman–Crippen MR) is 102 cm³/mol. The first kappa shape index (κ1) is 20.0. The zero-order valence-corrected chi connectivity index (χ0v) is 15.2. The molecule has 0 bridgehead atoms. The number of esters is 1. The fraction of sp³-hybridized carbons (Fsp3) is 0.250. The summed E-state index contributed by atoms with van der Waals surface area (Å²) in [7, 11) is 0. The Morgan fingerprint density at radius 3 is 2.37 bits per heavy atom. The number of carbonyl (C=O) groups excluding carboxylic acids is 3. The number of urea groups is 1. The molecule has 0 spiro atoms. The van der Waals surface area contributed by atoms with Crippen LogP contribution in [-0.4, -0.2) is 31.1 Å². The summed E-state index contributed by atoms with van der Waals surface area (Å²) in [4.78, 5) is 35.2. The summed E-state index contributed by atoms with van der Waals surface area (Å²) in [6.45, 7) is 1.60. The van der Waals surface area contributed by atoms with Gasteiger partial charge in [-0.15, -0.1) is 0 Å². The molecule has 3 N–H and O–H groups in total. The molecular weight excluding hydrogens is 346 g/mol. The number of hydrogen-bond acceptors (Lipinski definition) is 4. The van der Waals surface area contributed by atoms with Crippen molar-refractivity contribution in [2.45, 2.75) is 19.9 Å². The van der Waals surface area contributed by atoms with Crippen molar-refractivity contribution in [3.8, 4) is 0 Å². The summed E-state index contributed by atoms with van der Waals surface area (Å²) >= 11 is 0. The number of aryl methyl sites for hydroxylation is 1. The van der Waals surface area contributed by atoms with Crippen LogP contribution in [0.15, 0.2) is 54.6 Å². The highest BCUT2D eigenvalue weighted by molar-refractivity contribution is 5.93. The number of benzene rings is 2. The summed E-state index contributed by atoms with van der Waals surface area (Å²) in [5.74, 6) is -1.12. The lowest BCUT2D eigenvalue weighted by Crippen LogP contribution is -2.39. The van der Waals surface area contributed by atoms with Crippen LogP contribution in [0.5, 0.6) is 0 Å². The second kappa shape index (κ2) is 10.6. The summed E-state index contributed by atoms with van der Waals surface area (Å²) in [5.41, 5.74) is 2.63. The van der Waals surface area contributed by atoms with Crippen LogP contribution < -0.4 is 16.0 Å². The van der Waals surface area contributed by atoms with Crippen molar-refractivity contribution in [1.82, 2.24) is 10.6 Å².